The molecule has 0 saturated carbocycles. The second-order valence-corrected chi connectivity index (χ2v) is 6.51. The maximum Gasteiger partial charge on any atom is 0.341 e. The SMILES string of the molecule is O=C(O)c1c(O)c(=O)n(Cc2ccc(Br)cc2)c2ccsc12. The third kappa shape index (κ3) is 2.42. The molecule has 0 atom stereocenters. The zero-order valence-electron chi connectivity index (χ0n) is 11.1. The molecular formula is C15H10BrNO4S. The minimum atomic E-state index is -1.31. The number of benzene rings is 1. The van der Waals surface area contributed by atoms with Crippen LogP contribution in [0.4, 0.5) is 0 Å². The molecule has 2 aromatic heterocycles. The highest BCUT2D eigenvalue weighted by atomic mass is 79.9. The van der Waals surface area contributed by atoms with E-state index in [2.05, 4.69) is 15.9 Å². The first-order valence-corrected chi connectivity index (χ1v) is 7.97. The van der Waals surface area contributed by atoms with E-state index in [9.17, 15) is 19.8 Å². The van der Waals surface area contributed by atoms with E-state index in [4.69, 9.17) is 0 Å². The van der Waals surface area contributed by atoms with Crippen LogP contribution in [0.25, 0.3) is 10.2 Å². The molecule has 0 aliphatic carbocycles. The molecule has 0 spiro atoms. The summed E-state index contributed by atoms with van der Waals surface area (Å²) in [5.74, 6) is -2.03. The molecule has 0 saturated heterocycles. The van der Waals surface area contributed by atoms with Crippen molar-refractivity contribution in [1.29, 1.82) is 0 Å². The average molecular weight is 380 g/mol. The van der Waals surface area contributed by atoms with E-state index in [0.29, 0.717) is 10.2 Å². The third-order valence-corrected chi connectivity index (χ3v) is 4.76. The van der Waals surface area contributed by atoms with Gasteiger partial charge in [0.2, 0.25) is 0 Å². The number of hydrogen-bond donors (Lipinski definition) is 2. The highest BCUT2D eigenvalue weighted by Gasteiger charge is 2.22. The summed E-state index contributed by atoms with van der Waals surface area (Å²) in [6.07, 6.45) is 0. The molecule has 0 bridgehead atoms. The van der Waals surface area contributed by atoms with E-state index in [1.165, 1.54) is 15.9 Å². The summed E-state index contributed by atoms with van der Waals surface area (Å²) < 4.78 is 2.70. The summed E-state index contributed by atoms with van der Waals surface area (Å²) in [5, 5.41) is 20.9. The predicted molar refractivity (Wildman–Crippen MR) is 88.0 cm³/mol. The summed E-state index contributed by atoms with van der Waals surface area (Å²) in [6.45, 7) is 0.257. The Kier molecular flexibility index (Phi) is 3.76. The van der Waals surface area contributed by atoms with Gasteiger partial charge in [-0.2, -0.15) is 0 Å². The minimum Gasteiger partial charge on any atom is -0.502 e. The van der Waals surface area contributed by atoms with Gasteiger partial charge in [0.1, 0.15) is 5.56 Å². The molecule has 2 N–H and O–H groups in total. The van der Waals surface area contributed by atoms with Crippen molar-refractivity contribution in [2.45, 2.75) is 6.54 Å². The Morgan fingerprint density at radius 2 is 1.91 bits per heavy atom. The van der Waals surface area contributed by atoms with Crippen LogP contribution in [0.1, 0.15) is 15.9 Å². The van der Waals surface area contributed by atoms with Gasteiger partial charge in [-0.05, 0) is 29.1 Å². The molecule has 0 aliphatic rings. The summed E-state index contributed by atoms with van der Waals surface area (Å²) in [5.41, 5.74) is 0.349. The van der Waals surface area contributed by atoms with Crippen molar-refractivity contribution < 1.29 is 15.0 Å². The van der Waals surface area contributed by atoms with Gasteiger partial charge in [0.15, 0.2) is 5.75 Å². The van der Waals surface area contributed by atoms with Crippen LogP contribution in [-0.4, -0.2) is 20.7 Å². The fraction of sp³-hybridized carbons (Fsp3) is 0.0667. The second kappa shape index (κ2) is 5.58. The summed E-state index contributed by atoms with van der Waals surface area (Å²) in [6, 6.07) is 9.12. The topological polar surface area (TPSA) is 79.5 Å². The fourth-order valence-electron chi connectivity index (χ4n) is 2.28. The molecule has 0 radical (unpaired) electrons. The first-order chi connectivity index (χ1) is 10.5. The van der Waals surface area contributed by atoms with Crippen LogP contribution in [0.2, 0.25) is 0 Å². The molecule has 0 amide bonds. The zero-order chi connectivity index (χ0) is 15.9. The van der Waals surface area contributed by atoms with Crippen LogP contribution in [0.3, 0.4) is 0 Å². The Bertz CT molecular complexity index is 927. The van der Waals surface area contributed by atoms with E-state index in [-0.39, 0.29) is 12.1 Å². The van der Waals surface area contributed by atoms with Gasteiger partial charge in [0.25, 0.3) is 5.56 Å². The number of pyridine rings is 1. The van der Waals surface area contributed by atoms with Gasteiger partial charge in [-0.1, -0.05) is 28.1 Å². The van der Waals surface area contributed by atoms with Crippen LogP contribution in [0, 0.1) is 0 Å². The van der Waals surface area contributed by atoms with E-state index in [0.717, 1.165) is 10.0 Å². The minimum absolute atomic E-state index is 0.257. The van der Waals surface area contributed by atoms with Gasteiger partial charge >= 0.3 is 5.97 Å². The number of fused-ring (bicyclic) bond motifs is 1. The van der Waals surface area contributed by atoms with Crippen molar-refractivity contribution in [3.63, 3.8) is 0 Å². The monoisotopic (exact) mass is 379 g/mol. The maximum absolute atomic E-state index is 12.3. The summed E-state index contributed by atoms with van der Waals surface area (Å²) >= 11 is 4.53. The first-order valence-electron chi connectivity index (χ1n) is 6.29. The smallest absolute Gasteiger partial charge is 0.341 e. The molecule has 0 aliphatic heterocycles. The van der Waals surface area contributed by atoms with Gasteiger partial charge in [0.05, 0.1) is 16.8 Å². The van der Waals surface area contributed by atoms with Gasteiger partial charge in [-0.15, -0.1) is 11.3 Å². The highest BCUT2D eigenvalue weighted by Crippen LogP contribution is 2.29. The molecule has 3 rings (SSSR count). The van der Waals surface area contributed by atoms with Crippen LogP contribution in [0.15, 0.2) is 45.0 Å². The Labute approximate surface area is 137 Å². The van der Waals surface area contributed by atoms with Gasteiger partial charge in [-0.25, -0.2) is 4.79 Å². The van der Waals surface area contributed by atoms with Crippen molar-refractivity contribution >= 4 is 43.5 Å². The Morgan fingerprint density at radius 3 is 2.55 bits per heavy atom. The normalized spacial score (nSPS) is 11.0. The van der Waals surface area contributed by atoms with Crippen molar-refractivity contribution in [3.8, 4) is 5.75 Å². The number of thiophene rings is 1. The molecule has 5 nitrogen and oxygen atoms in total. The predicted octanol–water partition coefficient (Wildman–Crippen LogP) is 3.28. The highest BCUT2D eigenvalue weighted by molar-refractivity contribution is 9.10. The van der Waals surface area contributed by atoms with Crippen LogP contribution >= 0.6 is 27.3 Å². The largest absolute Gasteiger partial charge is 0.502 e. The second-order valence-electron chi connectivity index (χ2n) is 4.68. The number of carbonyl (C=O) groups is 1. The average Bonchev–Trinajstić information content (AvgIpc) is 2.94. The van der Waals surface area contributed by atoms with E-state index in [1.807, 2.05) is 24.3 Å². The Hall–Kier alpha value is -2.12. The van der Waals surface area contributed by atoms with Crippen LogP contribution in [0.5, 0.6) is 5.75 Å². The lowest BCUT2D eigenvalue weighted by atomic mass is 10.2. The van der Waals surface area contributed by atoms with E-state index < -0.39 is 17.3 Å². The number of halogens is 1. The summed E-state index contributed by atoms with van der Waals surface area (Å²) in [4.78, 5) is 23.6. The standard InChI is InChI=1S/C15H10BrNO4S/c16-9-3-1-8(2-4-9)7-17-10-5-6-22-13(10)11(15(20)21)12(18)14(17)19/h1-6,18H,7H2,(H,20,21). The molecule has 22 heavy (non-hydrogen) atoms. The number of aromatic nitrogens is 1. The molecule has 2 heterocycles. The quantitative estimate of drug-likeness (QED) is 0.731. The van der Waals surface area contributed by atoms with E-state index in [1.54, 1.807) is 11.4 Å². The first kappa shape index (κ1) is 14.8. The number of aromatic carboxylic acids is 1. The van der Waals surface area contributed by atoms with Crippen molar-refractivity contribution in [3.05, 3.63) is 61.7 Å². The zero-order valence-corrected chi connectivity index (χ0v) is 13.5. The number of carboxylic acids is 1. The van der Waals surface area contributed by atoms with E-state index >= 15 is 0 Å². The lowest BCUT2D eigenvalue weighted by molar-refractivity contribution is 0.0695. The molecule has 7 heteroatoms. The number of carboxylic acid groups (broad SMARTS) is 1. The lowest BCUT2D eigenvalue weighted by Gasteiger charge is -2.11. The van der Waals surface area contributed by atoms with Crippen LogP contribution in [-0.2, 0) is 6.54 Å². The molecular weight excluding hydrogens is 370 g/mol. The number of hydrogen-bond acceptors (Lipinski definition) is 4. The lowest BCUT2D eigenvalue weighted by Crippen LogP contribution is -2.22. The number of nitrogens with zero attached hydrogens (tertiary/aromatic N) is 1. The van der Waals surface area contributed by atoms with Gasteiger partial charge in [-0.3, -0.25) is 9.36 Å². The molecule has 0 unspecified atom stereocenters. The fourth-order valence-corrected chi connectivity index (χ4v) is 3.48. The van der Waals surface area contributed by atoms with Crippen LogP contribution < -0.4 is 5.56 Å². The Balaban J connectivity index is 2.22. The van der Waals surface area contributed by atoms with Crippen molar-refractivity contribution in [1.82, 2.24) is 4.57 Å². The van der Waals surface area contributed by atoms with Gasteiger partial charge < -0.3 is 10.2 Å². The summed E-state index contributed by atoms with van der Waals surface area (Å²) in [7, 11) is 0. The molecule has 1 aromatic carbocycles. The third-order valence-electron chi connectivity index (χ3n) is 3.31. The molecule has 0 fully saturated rings. The maximum atomic E-state index is 12.3. The molecule has 112 valence electrons. The van der Waals surface area contributed by atoms with Crippen molar-refractivity contribution in [2.75, 3.05) is 0 Å². The Morgan fingerprint density at radius 1 is 1.23 bits per heavy atom. The van der Waals surface area contributed by atoms with Gasteiger partial charge in [0, 0.05) is 4.47 Å². The number of rotatable bonds is 3. The molecule has 3 aromatic rings. The number of aromatic hydroxyl groups is 1. The van der Waals surface area contributed by atoms with Crippen molar-refractivity contribution in [2.24, 2.45) is 0 Å².